The lowest BCUT2D eigenvalue weighted by Crippen LogP contribution is -2.92. The van der Waals surface area contributed by atoms with Crippen LogP contribution in [0.15, 0.2) is 24.3 Å². The number of aliphatic hydroxyl groups excluding tert-OH is 2. The standard InChI is InChI=1S/C16H24ClNO3/c17-13-3-1-12(2-4-13)10-21-11-16(20)9-18-14-5-7-15(19)8-6-14/h1-4,14-16,18-20H,5-11H2/p+1/t14?,15?,16-/m0/s1. The van der Waals surface area contributed by atoms with Crippen molar-refractivity contribution >= 4 is 11.6 Å². The fraction of sp³-hybridized carbons (Fsp3) is 0.625. The van der Waals surface area contributed by atoms with Crippen LogP contribution < -0.4 is 5.32 Å². The zero-order chi connectivity index (χ0) is 15.1. The Bertz CT molecular complexity index is 404. The molecule has 0 radical (unpaired) electrons. The molecule has 21 heavy (non-hydrogen) atoms. The fourth-order valence-corrected chi connectivity index (χ4v) is 2.77. The molecule has 0 saturated heterocycles. The first kappa shape index (κ1) is 16.7. The maximum atomic E-state index is 9.93. The van der Waals surface area contributed by atoms with Gasteiger partial charge in [-0.25, -0.2) is 0 Å². The van der Waals surface area contributed by atoms with E-state index in [9.17, 15) is 10.2 Å². The molecule has 1 aliphatic carbocycles. The summed E-state index contributed by atoms with van der Waals surface area (Å²) in [5.74, 6) is 0. The van der Waals surface area contributed by atoms with E-state index in [2.05, 4.69) is 5.32 Å². The predicted molar refractivity (Wildman–Crippen MR) is 82.2 cm³/mol. The van der Waals surface area contributed by atoms with Gasteiger partial charge in [0.1, 0.15) is 12.6 Å². The lowest BCUT2D eigenvalue weighted by atomic mass is 9.93. The normalized spacial score (nSPS) is 24.0. The highest BCUT2D eigenvalue weighted by Crippen LogP contribution is 2.15. The third-order valence-electron chi connectivity index (χ3n) is 3.98. The van der Waals surface area contributed by atoms with Crippen molar-refractivity contribution in [2.24, 2.45) is 0 Å². The molecular formula is C16H25ClNO3+. The Morgan fingerprint density at radius 3 is 2.52 bits per heavy atom. The number of ether oxygens (including phenoxy) is 1. The van der Waals surface area contributed by atoms with Crippen molar-refractivity contribution in [3.63, 3.8) is 0 Å². The van der Waals surface area contributed by atoms with Gasteiger partial charge in [-0.1, -0.05) is 23.7 Å². The number of halogens is 1. The number of quaternary nitrogens is 1. The van der Waals surface area contributed by atoms with Crippen LogP contribution in [0.3, 0.4) is 0 Å². The van der Waals surface area contributed by atoms with Crippen molar-refractivity contribution in [1.29, 1.82) is 0 Å². The molecule has 0 aliphatic heterocycles. The molecule has 0 aromatic heterocycles. The van der Waals surface area contributed by atoms with E-state index in [4.69, 9.17) is 16.3 Å². The van der Waals surface area contributed by atoms with Gasteiger partial charge in [0, 0.05) is 17.9 Å². The zero-order valence-corrected chi connectivity index (χ0v) is 13.0. The van der Waals surface area contributed by atoms with Crippen molar-refractivity contribution in [2.75, 3.05) is 13.2 Å². The van der Waals surface area contributed by atoms with Crippen LogP contribution in [0.25, 0.3) is 0 Å². The van der Waals surface area contributed by atoms with E-state index in [0.29, 0.717) is 30.8 Å². The zero-order valence-electron chi connectivity index (χ0n) is 12.2. The number of aliphatic hydroxyl groups is 2. The molecule has 0 bridgehead atoms. The second kappa shape index (κ2) is 8.71. The Morgan fingerprint density at radius 2 is 1.86 bits per heavy atom. The molecule has 1 fully saturated rings. The van der Waals surface area contributed by atoms with Crippen LogP contribution in [-0.4, -0.2) is 41.6 Å². The number of nitrogens with two attached hydrogens (primary N) is 1. The highest BCUT2D eigenvalue weighted by molar-refractivity contribution is 6.30. The largest absolute Gasteiger partial charge is 0.393 e. The minimum Gasteiger partial charge on any atom is -0.393 e. The summed E-state index contributed by atoms with van der Waals surface area (Å²) in [6.07, 6.45) is 3.24. The van der Waals surface area contributed by atoms with Gasteiger partial charge in [-0.2, -0.15) is 0 Å². The maximum absolute atomic E-state index is 9.93. The summed E-state index contributed by atoms with van der Waals surface area (Å²) < 4.78 is 5.53. The van der Waals surface area contributed by atoms with Crippen LogP contribution in [0, 0.1) is 0 Å². The van der Waals surface area contributed by atoms with Gasteiger partial charge in [0.2, 0.25) is 0 Å². The Morgan fingerprint density at radius 1 is 1.19 bits per heavy atom. The van der Waals surface area contributed by atoms with E-state index < -0.39 is 6.10 Å². The van der Waals surface area contributed by atoms with E-state index in [0.717, 1.165) is 31.2 Å². The summed E-state index contributed by atoms with van der Waals surface area (Å²) in [4.78, 5) is 0. The van der Waals surface area contributed by atoms with Gasteiger partial charge in [-0.15, -0.1) is 0 Å². The van der Waals surface area contributed by atoms with Gasteiger partial charge < -0.3 is 20.3 Å². The molecule has 1 aromatic carbocycles. The molecule has 1 aliphatic rings. The molecule has 4 nitrogen and oxygen atoms in total. The smallest absolute Gasteiger partial charge is 0.126 e. The average molecular weight is 315 g/mol. The van der Waals surface area contributed by atoms with Crippen molar-refractivity contribution in [3.05, 3.63) is 34.9 Å². The first-order valence-electron chi connectivity index (χ1n) is 7.65. The van der Waals surface area contributed by atoms with Crippen LogP contribution in [0.5, 0.6) is 0 Å². The molecule has 2 rings (SSSR count). The molecule has 0 heterocycles. The van der Waals surface area contributed by atoms with Crippen molar-refractivity contribution in [1.82, 2.24) is 0 Å². The van der Waals surface area contributed by atoms with Crippen LogP contribution in [0.2, 0.25) is 5.02 Å². The molecular weight excluding hydrogens is 290 g/mol. The molecule has 0 spiro atoms. The Balaban J connectivity index is 1.57. The number of hydrogen-bond acceptors (Lipinski definition) is 3. The highest BCUT2D eigenvalue weighted by atomic mass is 35.5. The third kappa shape index (κ3) is 6.32. The SMILES string of the molecule is OC1CCC([NH2+]C[C@H](O)COCc2ccc(Cl)cc2)CC1. The summed E-state index contributed by atoms with van der Waals surface area (Å²) in [5.41, 5.74) is 1.05. The molecule has 1 aromatic rings. The van der Waals surface area contributed by atoms with Crippen LogP contribution >= 0.6 is 11.6 Å². The molecule has 0 unspecified atom stereocenters. The lowest BCUT2D eigenvalue weighted by molar-refractivity contribution is -0.697. The number of rotatable bonds is 7. The minimum absolute atomic E-state index is 0.123. The summed E-state index contributed by atoms with van der Waals surface area (Å²) in [6.45, 7) is 1.49. The third-order valence-corrected chi connectivity index (χ3v) is 4.23. The molecule has 1 atom stereocenters. The van der Waals surface area contributed by atoms with Crippen LogP contribution in [-0.2, 0) is 11.3 Å². The molecule has 118 valence electrons. The predicted octanol–water partition coefficient (Wildman–Crippen LogP) is 1.08. The summed E-state index contributed by atoms with van der Waals surface area (Å²) >= 11 is 5.82. The number of hydrogen-bond donors (Lipinski definition) is 3. The van der Waals surface area contributed by atoms with Gasteiger partial charge in [0.05, 0.1) is 25.4 Å². The maximum Gasteiger partial charge on any atom is 0.126 e. The molecule has 4 N–H and O–H groups in total. The first-order chi connectivity index (χ1) is 10.1. The van der Waals surface area contributed by atoms with E-state index >= 15 is 0 Å². The average Bonchev–Trinajstić information content (AvgIpc) is 2.49. The number of benzene rings is 1. The first-order valence-corrected chi connectivity index (χ1v) is 8.03. The van der Waals surface area contributed by atoms with Crippen LogP contribution in [0.1, 0.15) is 31.2 Å². The Hall–Kier alpha value is -0.650. The monoisotopic (exact) mass is 314 g/mol. The van der Waals surface area contributed by atoms with Gasteiger partial charge >= 0.3 is 0 Å². The van der Waals surface area contributed by atoms with E-state index in [-0.39, 0.29) is 6.10 Å². The summed E-state index contributed by atoms with van der Waals surface area (Å²) in [7, 11) is 0. The summed E-state index contributed by atoms with van der Waals surface area (Å²) in [6, 6.07) is 8.05. The van der Waals surface area contributed by atoms with E-state index in [1.165, 1.54) is 0 Å². The summed E-state index contributed by atoms with van der Waals surface area (Å²) in [5, 5.41) is 22.3. The topological polar surface area (TPSA) is 66.3 Å². The highest BCUT2D eigenvalue weighted by Gasteiger charge is 2.22. The van der Waals surface area contributed by atoms with E-state index in [1.54, 1.807) is 0 Å². The van der Waals surface area contributed by atoms with Crippen LogP contribution in [0.4, 0.5) is 0 Å². The van der Waals surface area contributed by atoms with Gasteiger partial charge in [0.25, 0.3) is 0 Å². The van der Waals surface area contributed by atoms with E-state index in [1.807, 2.05) is 24.3 Å². The van der Waals surface area contributed by atoms with Gasteiger partial charge in [-0.05, 0) is 30.5 Å². The van der Waals surface area contributed by atoms with Gasteiger partial charge in [0.15, 0.2) is 0 Å². The Kier molecular flexibility index (Phi) is 6.93. The minimum atomic E-state index is -0.454. The second-order valence-electron chi connectivity index (χ2n) is 5.84. The lowest BCUT2D eigenvalue weighted by Gasteiger charge is -2.24. The fourth-order valence-electron chi connectivity index (χ4n) is 2.65. The molecule has 1 saturated carbocycles. The molecule has 0 amide bonds. The second-order valence-corrected chi connectivity index (χ2v) is 6.27. The van der Waals surface area contributed by atoms with Crippen molar-refractivity contribution in [2.45, 2.75) is 50.5 Å². The van der Waals surface area contributed by atoms with Gasteiger partial charge in [-0.3, -0.25) is 0 Å². The van der Waals surface area contributed by atoms with Crippen molar-refractivity contribution in [3.8, 4) is 0 Å². The quantitative estimate of drug-likeness (QED) is 0.706. The van der Waals surface area contributed by atoms with Crippen molar-refractivity contribution < 1.29 is 20.3 Å². The molecule has 5 heteroatoms. The Labute approximate surface area is 131 Å².